The molecule has 0 spiro atoms. The molecule has 1 saturated heterocycles. The van der Waals surface area contributed by atoms with Gasteiger partial charge in [0.15, 0.2) is 0 Å². The van der Waals surface area contributed by atoms with E-state index in [0.717, 1.165) is 0 Å². The summed E-state index contributed by atoms with van der Waals surface area (Å²) in [6, 6.07) is 13.4. The van der Waals surface area contributed by atoms with Gasteiger partial charge in [-0.2, -0.15) is 4.31 Å². The largest absolute Gasteiger partial charge is 0.497 e. The molecule has 0 saturated carbocycles. The highest BCUT2D eigenvalue weighted by molar-refractivity contribution is 7.89. The fraction of sp³-hybridized carbons (Fsp3) is 0.350. The van der Waals surface area contributed by atoms with Gasteiger partial charge in [-0.1, -0.05) is 12.1 Å². The monoisotopic (exact) mass is 404 g/mol. The van der Waals surface area contributed by atoms with E-state index >= 15 is 0 Å². The molecule has 0 aliphatic carbocycles. The molecule has 0 bridgehead atoms. The van der Waals surface area contributed by atoms with E-state index in [9.17, 15) is 13.2 Å². The molecule has 1 N–H and O–H groups in total. The Kier molecular flexibility index (Phi) is 6.21. The van der Waals surface area contributed by atoms with Gasteiger partial charge in [-0.25, -0.2) is 8.42 Å². The third kappa shape index (κ3) is 4.28. The molecular formula is C20H24N2O5S. The van der Waals surface area contributed by atoms with Crippen LogP contribution >= 0.6 is 0 Å². The first-order valence-electron chi connectivity index (χ1n) is 9.04. The first-order chi connectivity index (χ1) is 13.5. The topological polar surface area (TPSA) is 84.9 Å². The highest BCUT2D eigenvalue weighted by atomic mass is 32.2. The van der Waals surface area contributed by atoms with Crippen LogP contribution in [-0.4, -0.2) is 45.9 Å². The van der Waals surface area contributed by atoms with Crippen molar-refractivity contribution in [2.24, 2.45) is 5.92 Å². The minimum atomic E-state index is -3.67. The Labute approximate surface area is 165 Å². The normalized spacial score (nSPS) is 17.7. The Morgan fingerprint density at radius 3 is 2.46 bits per heavy atom. The van der Waals surface area contributed by atoms with Crippen LogP contribution in [0.15, 0.2) is 53.4 Å². The Morgan fingerprint density at radius 1 is 1.07 bits per heavy atom. The molecule has 1 atom stereocenters. The van der Waals surface area contributed by atoms with Gasteiger partial charge >= 0.3 is 0 Å². The lowest BCUT2D eigenvalue weighted by Gasteiger charge is -2.31. The Bertz CT molecular complexity index is 928. The van der Waals surface area contributed by atoms with Crippen LogP contribution in [0.1, 0.15) is 12.8 Å². The minimum absolute atomic E-state index is 0.148. The average Bonchev–Trinajstić information content (AvgIpc) is 2.74. The molecule has 1 heterocycles. The van der Waals surface area contributed by atoms with Crippen LogP contribution in [0.3, 0.4) is 0 Å². The smallest absolute Gasteiger partial charge is 0.243 e. The van der Waals surface area contributed by atoms with Crippen LogP contribution < -0.4 is 14.8 Å². The van der Waals surface area contributed by atoms with E-state index in [2.05, 4.69) is 5.32 Å². The zero-order valence-corrected chi connectivity index (χ0v) is 16.7. The molecule has 0 aromatic heterocycles. The quantitative estimate of drug-likeness (QED) is 0.800. The molecular weight excluding hydrogens is 380 g/mol. The van der Waals surface area contributed by atoms with Crippen molar-refractivity contribution in [3.8, 4) is 11.5 Å². The molecule has 1 fully saturated rings. The van der Waals surface area contributed by atoms with Crippen LogP contribution in [0.5, 0.6) is 11.5 Å². The molecule has 28 heavy (non-hydrogen) atoms. The zero-order valence-electron chi connectivity index (χ0n) is 15.9. The first kappa shape index (κ1) is 20.2. The maximum Gasteiger partial charge on any atom is 0.243 e. The van der Waals surface area contributed by atoms with Gasteiger partial charge in [0.05, 0.1) is 30.7 Å². The van der Waals surface area contributed by atoms with E-state index in [4.69, 9.17) is 9.47 Å². The van der Waals surface area contributed by atoms with Gasteiger partial charge in [-0.05, 0) is 49.2 Å². The zero-order chi connectivity index (χ0) is 20.1. The lowest BCUT2D eigenvalue weighted by Crippen LogP contribution is -2.43. The van der Waals surface area contributed by atoms with Crippen LogP contribution in [0.4, 0.5) is 5.69 Å². The number of carbonyl (C=O) groups excluding carboxylic acids is 1. The van der Waals surface area contributed by atoms with Gasteiger partial charge in [0.1, 0.15) is 11.5 Å². The van der Waals surface area contributed by atoms with E-state index in [1.54, 1.807) is 30.3 Å². The Hall–Kier alpha value is -2.58. The summed E-state index contributed by atoms with van der Waals surface area (Å²) in [4.78, 5) is 12.9. The van der Waals surface area contributed by atoms with Crippen molar-refractivity contribution < 1.29 is 22.7 Å². The van der Waals surface area contributed by atoms with E-state index < -0.39 is 15.9 Å². The van der Waals surface area contributed by atoms with Crippen molar-refractivity contribution in [3.63, 3.8) is 0 Å². The molecule has 7 nitrogen and oxygen atoms in total. The molecule has 0 radical (unpaired) electrons. The van der Waals surface area contributed by atoms with E-state index in [1.165, 1.54) is 30.7 Å². The first-order valence-corrected chi connectivity index (χ1v) is 10.5. The number of amides is 1. The predicted molar refractivity (Wildman–Crippen MR) is 106 cm³/mol. The maximum absolute atomic E-state index is 12.9. The highest BCUT2D eigenvalue weighted by Gasteiger charge is 2.33. The number of anilines is 1. The summed E-state index contributed by atoms with van der Waals surface area (Å²) in [6.07, 6.45) is 1.26. The molecule has 8 heteroatoms. The van der Waals surface area contributed by atoms with E-state index in [1.807, 2.05) is 6.07 Å². The number of nitrogens with one attached hydrogen (secondary N) is 1. The fourth-order valence-electron chi connectivity index (χ4n) is 3.25. The number of rotatable bonds is 6. The average molecular weight is 404 g/mol. The molecule has 1 aliphatic heterocycles. The number of hydrogen-bond donors (Lipinski definition) is 1. The molecule has 2 aromatic rings. The van der Waals surface area contributed by atoms with Crippen LogP contribution in [0, 0.1) is 5.92 Å². The second-order valence-electron chi connectivity index (χ2n) is 6.57. The summed E-state index contributed by atoms with van der Waals surface area (Å²) in [5.74, 6) is 0.520. The third-order valence-corrected chi connectivity index (χ3v) is 6.70. The number of piperidine rings is 1. The molecule has 1 aliphatic rings. The summed E-state index contributed by atoms with van der Waals surface area (Å²) in [6.45, 7) is 0.544. The Morgan fingerprint density at radius 2 is 1.79 bits per heavy atom. The summed E-state index contributed by atoms with van der Waals surface area (Å²) >= 11 is 0. The van der Waals surface area contributed by atoms with Gasteiger partial charge in [0.2, 0.25) is 15.9 Å². The Balaban J connectivity index is 1.73. The fourth-order valence-corrected chi connectivity index (χ4v) is 4.78. The standard InChI is InChI=1S/C20H24N2O5S/c1-26-16-9-11-17(12-10-16)28(24,25)22-13-5-6-15(14-22)20(23)21-18-7-3-4-8-19(18)27-2/h3-4,7-12,15H,5-6,13-14H2,1-2H3,(H,21,23)/t15-/m0/s1. The van der Waals surface area contributed by atoms with Gasteiger partial charge in [-0.15, -0.1) is 0 Å². The van der Waals surface area contributed by atoms with Crippen molar-refractivity contribution >= 4 is 21.6 Å². The van der Waals surface area contributed by atoms with Gasteiger partial charge in [0, 0.05) is 13.1 Å². The molecule has 1 amide bonds. The van der Waals surface area contributed by atoms with E-state index in [0.29, 0.717) is 36.6 Å². The van der Waals surface area contributed by atoms with Gasteiger partial charge in [-0.3, -0.25) is 4.79 Å². The van der Waals surface area contributed by atoms with Crippen molar-refractivity contribution in [1.29, 1.82) is 0 Å². The summed E-state index contributed by atoms with van der Waals surface area (Å²) in [7, 11) is -0.603. The lowest BCUT2D eigenvalue weighted by atomic mass is 9.98. The maximum atomic E-state index is 12.9. The highest BCUT2D eigenvalue weighted by Crippen LogP contribution is 2.28. The number of methoxy groups -OCH3 is 2. The summed E-state index contributed by atoms with van der Waals surface area (Å²) in [5.41, 5.74) is 0.574. The number of carbonyl (C=O) groups is 1. The molecule has 2 aromatic carbocycles. The third-order valence-electron chi connectivity index (χ3n) is 4.82. The van der Waals surface area contributed by atoms with Crippen LogP contribution in [0.2, 0.25) is 0 Å². The van der Waals surface area contributed by atoms with E-state index in [-0.39, 0.29) is 17.3 Å². The minimum Gasteiger partial charge on any atom is -0.497 e. The lowest BCUT2D eigenvalue weighted by molar-refractivity contribution is -0.120. The molecule has 0 unspecified atom stereocenters. The SMILES string of the molecule is COc1ccc(S(=O)(=O)N2CCC[C@H](C(=O)Nc3ccccc3OC)C2)cc1. The number of para-hydroxylation sites is 2. The molecule has 3 rings (SSSR count). The second-order valence-corrected chi connectivity index (χ2v) is 8.51. The van der Waals surface area contributed by atoms with Crippen molar-refractivity contribution in [2.45, 2.75) is 17.7 Å². The number of benzene rings is 2. The van der Waals surface area contributed by atoms with Crippen molar-refractivity contribution in [1.82, 2.24) is 4.31 Å². The van der Waals surface area contributed by atoms with Gasteiger partial charge in [0.25, 0.3) is 0 Å². The number of hydrogen-bond acceptors (Lipinski definition) is 5. The summed E-state index contributed by atoms with van der Waals surface area (Å²) in [5, 5.41) is 2.86. The van der Waals surface area contributed by atoms with Crippen molar-refractivity contribution in [2.75, 3.05) is 32.6 Å². The summed E-state index contributed by atoms with van der Waals surface area (Å²) < 4.78 is 37.6. The van der Waals surface area contributed by atoms with Crippen LogP contribution in [-0.2, 0) is 14.8 Å². The molecule has 150 valence electrons. The number of ether oxygens (including phenoxy) is 2. The number of nitrogens with zero attached hydrogens (tertiary/aromatic N) is 1. The second kappa shape index (κ2) is 8.62. The van der Waals surface area contributed by atoms with Gasteiger partial charge < -0.3 is 14.8 Å². The van der Waals surface area contributed by atoms with Crippen molar-refractivity contribution in [3.05, 3.63) is 48.5 Å². The van der Waals surface area contributed by atoms with Crippen LogP contribution in [0.25, 0.3) is 0 Å². The predicted octanol–water partition coefficient (Wildman–Crippen LogP) is 2.74. The number of sulfonamides is 1.